The maximum absolute atomic E-state index is 12.2. The third-order valence-electron chi connectivity index (χ3n) is 2.30. The van der Waals surface area contributed by atoms with E-state index in [1.165, 1.54) is 13.8 Å². The zero-order valence-electron chi connectivity index (χ0n) is 9.28. The van der Waals surface area contributed by atoms with Gasteiger partial charge < -0.3 is 10.0 Å². The molecule has 9 heteroatoms. The second-order valence-corrected chi connectivity index (χ2v) is 3.86. The second-order valence-electron chi connectivity index (χ2n) is 3.86. The monoisotopic (exact) mass is 312 g/mol. The van der Waals surface area contributed by atoms with E-state index in [1.807, 2.05) is 0 Å². The Morgan fingerprint density at radius 3 is 1.47 bits per heavy atom. The predicted octanol–water partition coefficient (Wildman–Crippen LogP) is 2.18. The van der Waals surface area contributed by atoms with Crippen LogP contribution in [0.1, 0.15) is 13.8 Å². The summed E-state index contributed by atoms with van der Waals surface area (Å²) in [7, 11) is 1.08. The number of likely N-dealkylation sites (N-methyl/N-ethyl adjacent to an activating group) is 1. The molecule has 0 aromatic heterocycles. The summed E-state index contributed by atoms with van der Waals surface area (Å²) in [6.45, 7) is 1.30. The first-order valence-electron chi connectivity index (χ1n) is 4.39. The maximum atomic E-state index is 12.2. The Morgan fingerprint density at radius 2 is 1.29 bits per heavy atom. The molecule has 0 saturated carbocycles. The van der Waals surface area contributed by atoms with Gasteiger partial charge in [0.25, 0.3) is 5.60 Å². The Labute approximate surface area is 105 Å². The second kappa shape index (κ2) is 5.76. The fourth-order valence-electron chi connectivity index (χ4n) is 0.884. The van der Waals surface area contributed by atoms with Crippen molar-refractivity contribution in [2.75, 3.05) is 13.6 Å². The molecular weight excluding hydrogens is 299 g/mol. The van der Waals surface area contributed by atoms with Crippen LogP contribution in [0.2, 0.25) is 0 Å². The van der Waals surface area contributed by atoms with Crippen molar-refractivity contribution in [3.8, 4) is 0 Å². The average molecular weight is 312 g/mol. The van der Waals surface area contributed by atoms with Gasteiger partial charge in [0.05, 0.1) is 0 Å². The zero-order valence-corrected chi connectivity index (χ0v) is 10.3. The molecule has 1 N–H and O–H groups in total. The number of halogens is 6. The molecule has 0 saturated heterocycles. The topological polar surface area (TPSA) is 23.5 Å². The van der Waals surface area contributed by atoms with E-state index in [1.54, 1.807) is 0 Å². The fraction of sp³-hybridized carbons (Fsp3) is 1.00. The Morgan fingerprint density at radius 1 is 1.00 bits per heavy atom. The molecule has 0 aliphatic carbocycles. The molecule has 2 nitrogen and oxygen atoms in total. The van der Waals surface area contributed by atoms with Gasteiger partial charge in [-0.15, -0.1) is 0 Å². The summed E-state index contributed by atoms with van der Waals surface area (Å²) in [4.78, 5) is 0.779. The summed E-state index contributed by atoms with van der Waals surface area (Å²) in [5.74, 6) is 0. The van der Waals surface area contributed by atoms with Crippen LogP contribution < -0.4 is 0 Å². The van der Waals surface area contributed by atoms with Crippen LogP contribution in [-0.4, -0.2) is 47.6 Å². The standard InChI is InChI=1S/C8H13F6NO.Co/c1-5(2)15(3)4-6(16,7(9,10)11)8(12,13)14;/h5,16H,4H2,1-3H3;. The van der Waals surface area contributed by atoms with Crippen molar-refractivity contribution >= 4 is 0 Å². The van der Waals surface area contributed by atoms with Crippen LogP contribution in [0.3, 0.4) is 0 Å². The minimum atomic E-state index is -5.76. The number of hydrogen-bond acceptors (Lipinski definition) is 2. The maximum Gasteiger partial charge on any atom is 0.427 e. The van der Waals surface area contributed by atoms with E-state index in [2.05, 4.69) is 0 Å². The fourth-order valence-corrected chi connectivity index (χ4v) is 0.884. The Balaban J connectivity index is 0. The molecular formula is C8H13CoF6NO. The van der Waals surface area contributed by atoms with Gasteiger partial charge in [0.15, 0.2) is 0 Å². The first-order valence-corrected chi connectivity index (χ1v) is 4.39. The molecule has 0 amide bonds. The van der Waals surface area contributed by atoms with Crippen LogP contribution in [0.25, 0.3) is 0 Å². The third kappa shape index (κ3) is 4.31. The molecule has 107 valence electrons. The Bertz CT molecular complexity index is 225. The van der Waals surface area contributed by atoms with Crippen molar-refractivity contribution in [1.29, 1.82) is 0 Å². The van der Waals surface area contributed by atoms with Gasteiger partial charge in [0.2, 0.25) is 0 Å². The molecule has 0 aromatic rings. The van der Waals surface area contributed by atoms with E-state index in [9.17, 15) is 26.3 Å². The van der Waals surface area contributed by atoms with E-state index in [-0.39, 0.29) is 16.8 Å². The molecule has 0 heterocycles. The van der Waals surface area contributed by atoms with Crippen molar-refractivity contribution < 1.29 is 48.2 Å². The quantitative estimate of drug-likeness (QED) is 0.808. The molecule has 17 heavy (non-hydrogen) atoms. The summed E-state index contributed by atoms with van der Waals surface area (Å²) in [6.07, 6.45) is -11.5. The van der Waals surface area contributed by atoms with E-state index < -0.39 is 30.5 Å². The van der Waals surface area contributed by atoms with Crippen molar-refractivity contribution in [2.24, 2.45) is 0 Å². The zero-order chi connectivity index (χ0) is 13.4. The van der Waals surface area contributed by atoms with Crippen LogP contribution in [0.4, 0.5) is 26.3 Å². The number of hydrogen-bond donors (Lipinski definition) is 1. The molecule has 0 bridgehead atoms. The summed E-state index contributed by atoms with van der Waals surface area (Å²) in [6, 6.07) is -0.545. The number of rotatable bonds is 3. The minimum Gasteiger partial charge on any atom is -0.373 e. The van der Waals surface area contributed by atoms with Gasteiger partial charge in [-0.1, -0.05) is 0 Å². The van der Waals surface area contributed by atoms with Crippen molar-refractivity contribution in [2.45, 2.75) is 37.8 Å². The van der Waals surface area contributed by atoms with Gasteiger partial charge in [-0.25, -0.2) is 0 Å². The van der Waals surface area contributed by atoms with Crippen molar-refractivity contribution in [3.63, 3.8) is 0 Å². The number of alkyl halides is 6. The van der Waals surface area contributed by atoms with Gasteiger partial charge in [-0.05, 0) is 20.9 Å². The number of aliphatic hydroxyl groups is 1. The molecule has 0 aliphatic heterocycles. The first-order chi connectivity index (χ1) is 6.83. The minimum absolute atomic E-state index is 0. The summed E-state index contributed by atoms with van der Waals surface area (Å²) in [5.41, 5.74) is -4.70. The summed E-state index contributed by atoms with van der Waals surface area (Å²) < 4.78 is 73.4. The Kier molecular flexibility index (Phi) is 6.56. The van der Waals surface area contributed by atoms with Crippen LogP contribution in [0, 0.1) is 0 Å². The van der Waals surface area contributed by atoms with Crippen LogP contribution >= 0.6 is 0 Å². The SMILES string of the molecule is CC(C)N(C)CC(O)(C(F)(F)F)C(F)(F)F.[Co]. The molecule has 0 unspecified atom stereocenters. The molecule has 0 atom stereocenters. The molecule has 0 fully saturated rings. The van der Waals surface area contributed by atoms with Crippen LogP contribution in [0.5, 0.6) is 0 Å². The predicted molar refractivity (Wildman–Crippen MR) is 44.8 cm³/mol. The molecule has 0 spiro atoms. The van der Waals surface area contributed by atoms with Crippen LogP contribution in [0.15, 0.2) is 0 Å². The van der Waals surface area contributed by atoms with Gasteiger partial charge in [0.1, 0.15) is 0 Å². The Hall–Kier alpha value is 0.00649. The average Bonchev–Trinajstić information content (AvgIpc) is 1.99. The normalized spacial score (nSPS) is 14.1. The third-order valence-corrected chi connectivity index (χ3v) is 2.30. The van der Waals surface area contributed by atoms with Crippen molar-refractivity contribution in [3.05, 3.63) is 0 Å². The molecule has 1 radical (unpaired) electrons. The molecule has 0 aliphatic rings. The molecule has 0 aromatic carbocycles. The van der Waals surface area contributed by atoms with Gasteiger partial charge in [0, 0.05) is 29.4 Å². The molecule has 0 rings (SSSR count). The van der Waals surface area contributed by atoms with E-state index in [0.717, 1.165) is 11.9 Å². The largest absolute Gasteiger partial charge is 0.427 e. The summed E-state index contributed by atoms with van der Waals surface area (Å²) in [5, 5.41) is 8.81. The van der Waals surface area contributed by atoms with Crippen LogP contribution in [-0.2, 0) is 16.8 Å². The number of nitrogens with zero attached hydrogens (tertiary/aromatic N) is 1. The van der Waals surface area contributed by atoms with E-state index >= 15 is 0 Å². The first kappa shape index (κ1) is 19.3. The van der Waals surface area contributed by atoms with Gasteiger partial charge >= 0.3 is 12.4 Å². The van der Waals surface area contributed by atoms with E-state index in [0.29, 0.717) is 0 Å². The van der Waals surface area contributed by atoms with E-state index in [4.69, 9.17) is 5.11 Å². The van der Waals surface area contributed by atoms with Gasteiger partial charge in [-0.3, -0.25) is 0 Å². The smallest absolute Gasteiger partial charge is 0.373 e. The summed E-state index contributed by atoms with van der Waals surface area (Å²) >= 11 is 0. The van der Waals surface area contributed by atoms with Gasteiger partial charge in [-0.2, -0.15) is 26.3 Å². The van der Waals surface area contributed by atoms with Crippen molar-refractivity contribution in [1.82, 2.24) is 4.90 Å².